The highest BCUT2D eigenvalue weighted by Crippen LogP contribution is 2.68. The number of aromatic nitrogens is 1. The van der Waals surface area contributed by atoms with Crippen LogP contribution in [-0.2, 0) is 20.8 Å². The average Bonchev–Trinajstić information content (AvgIpc) is 3.22. The second kappa shape index (κ2) is 7.92. The Morgan fingerprint density at radius 1 is 1.12 bits per heavy atom. The number of methoxy groups -OCH3 is 1. The minimum atomic E-state index is -2.19. The number of aliphatic hydroxyl groups is 1. The van der Waals surface area contributed by atoms with Crippen LogP contribution in [0.2, 0.25) is 0 Å². The van der Waals surface area contributed by atoms with Crippen molar-refractivity contribution < 1.29 is 24.2 Å². The molecule has 2 heterocycles. The third kappa shape index (κ3) is 2.82. The quantitative estimate of drug-likeness (QED) is 0.528. The van der Waals surface area contributed by atoms with Gasteiger partial charge in [-0.3, -0.25) is 14.6 Å². The number of nitrogens with zero attached hydrogens (tertiary/aromatic N) is 2. The molecule has 3 aromatic rings. The van der Waals surface area contributed by atoms with Crippen molar-refractivity contribution in [2.45, 2.75) is 17.1 Å². The van der Waals surface area contributed by atoms with Crippen LogP contribution in [0.5, 0.6) is 11.5 Å². The number of hydrogen-bond acceptors (Lipinski definition) is 6. The molecule has 1 amide bonds. The number of ether oxygens (including phenoxy) is 2. The Kier molecular flexibility index (Phi) is 5.26. The van der Waals surface area contributed by atoms with Crippen LogP contribution in [0.1, 0.15) is 22.6 Å². The molecule has 1 saturated carbocycles. The van der Waals surface area contributed by atoms with Crippen molar-refractivity contribution >= 4 is 27.6 Å². The minimum Gasteiger partial charge on any atom is -0.495 e. The molecule has 0 radical (unpaired) electrons. The largest absolute Gasteiger partial charge is 0.495 e. The molecule has 4 unspecified atom stereocenters. The van der Waals surface area contributed by atoms with Gasteiger partial charge in [0.05, 0.1) is 31.0 Å². The Balaban J connectivity index is 1.90. The monoisotopic (exact) mass is 522 g/mol. The van der Waals surface area contributed by atoms with E-state index in [2.05, 4.69) is 20.9 Å². The lowest BCUT2D eigenvalue weighted by molar-refractivity contribution is -0.153. The van der Waals surface area contributed by atoms with Crippen molar-refractivity contribution in [3.63, 3.8) is 0 Å². The topological polar surface area (TPSA) is 89.0 Å². The number of ketones is 1. The Hall–Kier alpha value is -3.23. The van der Waals surface area contributed by atoms with Gasteiger partial charge in [0.25, 0.3) is 0 Å². The third-order valence-corrected chi connectivity index (χ3v) is 7.34. The molecule has 1 aromatic heterocycles. The first-order chi connectivity index (χ1) is 16.3. The van der Waals surface area contributed by atoms with E-state index in [0.29, 0.717) is 11.1 Å². The summed E-state index contributed by atoms with van der Waals surface area (Å²) in [6.45, 7) is 0. The molecule has 1 aliphatic heterocycles. The Bertz CT molecular complexity index is 1280. The Morgan fingerprint density at radius 3 is 2.41 bits per heavy atom. The molecule has 1 aliphatic carbocycles. The van der Waals surface area contributed by atoms with E-state index in [1.807, 2.05) is 42.5 Å². The van der Waals surface area contributed by atoms with Crippen molar-refractivity contribution in [1.29, 1.82) is 0 Å². The second-order valence-electron chi connectivity index (χ2n) is 8.73. The fourth-order valence-electron chi connectivity index (χ4n) is 5.42. The van der Waals surface area contributed by atoms with Gasteiger partial charge in [0.2, 0.25) is 11.5 Å². The highest BCUT2D eigenvalue weighted by Gasteiger charge is 2.78. The lowest BCUT2D eigenvalue weighted by Gasteiger charge is -2.39. The fourth-order valence-corrected chi connectivity index (χ4v) is 5.68. The SMILES string of the molecule is COc1cncc2c1C1(O)C(=O)C(C(=O)N(C)C)C(c3ccccc3)C1(c1ccc(Br)cc1)O2. The van der Waals surface area contributed by atoms with Gasteiger partial charge in [0.15, 0.2) is 11.4 Å². The molecule has 174 valence electrons. The molecule has 2 aromatic carbocycles. The van der Waals surface area contributed by atoms with E-state index in [0.717, 1.165) is 4.47 Å². The molecule has 5 rings (SSSR count). The van der Waals surface area contributed by atoms with Crippen molar-refractivity contribution in [2.75, 3.05) is 21.2 Å². The fraction of sp³-hybridized carbons (Fsp3) is 0.269. The maximum Gasteiger partial charge on any atom is 0.233 e. The van der Waals surface area contributed by atoms with E-state index in [4.69, 9.17) is 9.47 Å². The summed E-state index contributed by atoms with van der Waals surface area (Å²) in [4.78, 5) is 33.3. The number of halogens is 1. The number of pyridine rings is 1. The van der Waals surface area contributed by atoms with Crippen LogP contribution in [0, 0.1) is 5.92 Å². The number of Topliss-reactive ketones (excluding diaryl/α,β-unsaturated/α-hetero) is 1. The summed E-state index contributed by atoms with van der Waals surface area (Å²) in [7, 11) is 4.64. The summed E-state index contributed by atoms with van der Waals surface area (Å²) in [5, 5.41) is 12.5. The van der Waals surface area contributed by atoms with Crippen molar-refractivity contribution in [1.82, 2.24) is 9.88 Å². The number of benzene rings is 2. The first-order valence-electron chi connectivity index (χ1n) is 10.8. The number of amides is 1. The van der Waals surface area contributed by atoms with Crippen LogP contribution >= 0.6 is 15.9 Å². The zero-order valence-corrected chi connectivity index (χ0v) is 20.4. The first kappa shape index (κ1) is 22.6. The number of hydrogen-bond donors (Lipinski definition) is 1. The summed E-state index contributed by atoms with van der Waals surface area (Å²) in [5.74, 6) is -2.58. The minimum absolute atomic E-state index is 0.188. The summed E-state index contributed by atoms with van der Waals surface area (Å²) in [6, 6.07) is 16.5. The van der Waals surface area contributed by atoms with Crippen LogP contribution in [0.4, 0.5) is 0 Å². The molecule has 2 aliphatic rings. The van der Waals surface area contributed by atoms with Gasteiger partial charge < -0.3 is 19.5 Å². The van der Waals surface area contributed by atoms with Crippen LogP contribution in [0.15, 0.2) is 71.5 Å². The third-order valence-electron chi connectivity index (χ3n) is 6.82. The van der Waals surface area contributed by atoms with Crippen LogP contribution in [-0.4, -0.2) is 47.9 Å². The van der Waals surface area contributed by atoms with Gasteiger partial charge in [-0.05, 0) is 23.3 Å². The van der Waals surface area contributed by atoms with E-state index in [-0.39, 0.29) is 17.1 Å². The van der Waals surface area contributed by atoms with Crippen LogP contribution < -0.4 is 9.47 Å². The molecule has 8 heteroatoms. The van der Waals surface area contributed by atoms with Gasteiger partial charge >= 0.3 is 0 Å². The molecule has 0 spiro atoms. The Morgan fingerprint density at radius 2 is 1.79 bits per heavy atom. The molecule has 1 fully saturated rings. The molecular weight excluding hydrogens is 500 g/mol. The average molecular weight is 523 g/mol. The number of carbonyl (C=O) groups excluding carboxylic acids is 2. The highest BCUT2D eigenvalue weighted by atomic mass is 79.9. The van der Waals surface area contributed by atoms with E-state index in [9.17, 15) is 14.7 Å². The lowest BCUT2D eigenvalue weighted by atomic mass is 9.70. The molecule has 7 nitrogen and oxygen atoms in total. The normalized spacial score (nSPS) is 27.0. The maximum absolute atomic E-state index is 14.3. The zero-order chi connectivity index (χ0) is 24.3. The van der Waals surface area contributed by atoms with Gasteiger partial charge in [0.1, 0.15) is 17.4 Å². The smallest absolute Gasteiger partial charge is 0.233 e. The molecule has 0 saturated heterocycles. The highest BCUT2D eigenvalue weighted by molar-refractivity contribution is 9.10. The van der Waals surface area contributed by atoms with Crippen molar-refractivity contribution in [3.8, 4) is 11.5 Å². The number of rotatable bonds is 4. The molecule has 0 bridgehead atoms. The molecule has 4 atom stereocenters. The van der Waals surface area contributed by atoms with Crippen molar-refractivity contribution in [2.24, 2.45) is 5.92 Å². The number of carbonyl (C=O) groups is 2. The number of fused-ring (bicyclic) bond motifs is 3. The predicted octanol–water partition coefficient (Wildman–Crippen LogP) is 3.40. The van der Waals surface area contributed by atoms with Gasteiger partial charge in [-0.2, -0.15) is 0 Å². The summed E-state index contributed by atoms with van der Waals surface area (Å²) in [5.41, 5.74) is -2.36. The molecular formula is C26H23BrN2O5. The maximum atomic E-state index is 14.3. The summed E-state index contributed by atoms with van der Waals surface area (Å²) >= 11 is 3.45. The van der Waals surface area contributed by atoms with E-state index in [1.54, 1.807) is 26.2 Å². The zero-order valence-electron chi connectivity index (χ0n) is 18.9. The van der Waals surface area contributed by atoms with Crippen molar-refractivity contribution in [3.05, 3.63) is 88.2 Å². The summed E-state index contributed by atoms with van der Waals surface area (Å²) < 4.78 is 12.9. The predicted molar refractivity (Wildman–Crippen MR) is 128 cm³/mol. The van der Waals surface area contributed by atoms with Gasteiger partial charge in [0, 0.05) is 18.6 Å². The van der Waals surface area contributed by atoms with E-state index >= 15 is 0 Å². The van der Waals surface area contributed by atoms with E-state index in [1.165, 1.54) is 24.4 Å². The Labute approximate surface area is 205 Å². The molecule has 34 heavy (non-hydrogen) atoms. The van der Waals surface area contributed by atoms with E-state index < -0.39 is 34.7 Å². The first-order valence-corrected chi connectivity index (χ1v) is 11.6. The van der Waals surface area contributed by atoms with Gasteiger partial charge in [-0.25, -0.2) is 0 Å². The van der Waals surface area contributed by atoms with Gasteiger partial charge in [-0.15, -0.1) is 0 Å². The second-order valence-corrected chi connectivity index (χ2v) is 9.65. The van der Waals surface area contributed by atoms with Gasteiger partial charge in [-0.1, -0.05) is 58.4 Å². The van der Waals surface area contributed by atoms with Crippen LogP contribution in [0.25, 0.3) is 0 Å². The standard InChI is InChI=1S/C26H23BrN2O5/c1-29(2)24(31)20-21(15-7-5-4-6-8-15)26(16-9-11-17(27)12-10-16)25(32,23(20)30)22-18(33-3)13-28-14-19(22)34-26/h4-14,20-21,32H,1-3H3. The van der Waals surface area contributed by atoms with Crippen LogP contribution in [0.3, 0.4) is 0 Å². The lowest BCUT2D eigenvalue weighted by Crippen LogP contribution is -2.50. The summed E-state index contributed by atoms with van der Waals surface area (Å²) in [6.07, 6.45) is 2.90. The molecule has 1 N–H and O–H groups in total.